The number of ether oxygens (including phenoxy) is 1. The minimum Gasteiger partial charge on any atom is -0.497 e. The first kappa shape index (κ1) is 11.5. The van der Waals surface area contributed by atoms with E-state index in [0.29, 0.717) is 23.4 Å². The van der Waals surface area contributed by atoms with Crippen molar-refractivity contribution in [2.75, 3.05) is 7.11 Å². The highest BCUT2D eigenvalue weighted by Gasteiger charge is 2.13. The van der Waals surface area contributed by atoms with Gasteiger partial charge < -0.3 is 4.74 Å². The third-order valence-electron chi connectivity index (χ3n) is 2.37. The Kier molecular flexibility index (Phi) is 3.04. The lowest BCUT2D eigenvalue weighted by molar-refractivity contribution is 0.415. The van der Waals surface area contributed by atoms with Crippen molar-refractivity contribution < 1.29 is 17.9 Å². The van der Waals surface area contributed by atoms with E-state index < -0.39 is 17.5 Å². The molecule has 1 nitrogen and oxygen atoms in total. The molecule has 17 heavy (non-hydrogen) atoms. The predicted octanol–water partition coefficient (Wildman–Crippen LogP) is 3.78. The van der Waals surface area contributed by atoms with Gasteiger partial charge in [-0.3, -0.25) is 0 Å². The molecule has 0 aliphatic heterocycles. The number of hydrogen-bond donors (Lipinski definition) is 0. The van der Waals surface area contributed by atoms with Crippen molar-refractivity contribution in [3.8, 4) is 16.9 Å². The Labute approximate surface area is 96.5 Å². The van der Waals surface area contributed by atoms with Gasteiger partial charge in [-0.15, -0.1) is 0 Å². The number of hydrogen-bond acceptors (Lipinski definition) is 1. The molecule has 0 saturated carbocycles. The first-order valence-electron chi connectivity index (χ1n) is 4.91. The number of halogens is 3. The third-order valence-corrected chi connectivity index (χ3v) is 2.37. The van der Waals surface area contributed by atoms with Crippen LogP contribution in [0.1, 0.15) is 0 Å². The van der Waals surface area contributed by atoms with E-state index in [-0.39, 0.29) is 5.56 Å². The van der Waals surface area contributed by atoms with Crippen molar-refractivity contribution in [2.45, 2.75) is 0 Å². The van der Waals surface area contributed by atoms with Crippen molar-refractivity contribution >= 4 is 0 Å². The van der Waals surface area contributed by atoms with E-state index in [1.54, 1.807) is 12.1 Å². The molecule has 0 heterocycles. The average molecular weight is 238 g/mol. The summed E-state index contributed by atoms with van der Waals surface area (Å²) in [7, 11) is 1.45. The summed E-state index contributed by atoms with van der Waals surface area (Å²) in [5, 5.41) is 0. The summed E-state index contributed by atoms with van der Waals surface area (Å²) >= 11 is 0. The molecule has 0 aromatic heterocycles. The molecule has 0 spiro atoms. The van der Waals surface area contributed by atoms with E-state index in [9.17, 15) is 13.2 Å². The Morgan fingerprint density at radius 2 is 1.59 bits per heavy atom. The first-order chi connectivity index (χ1) is 8.11. The van der Waals surface area contributed by atoms with E-state index in [2.05, 4.69) is 0 Å². The standard InChI is InChI=1S/C13H9F3O/c1-17-10-4-2-3-8(5-10)13-11(15)6-9(14)7-12(13)16/h2-7H,1H3. The Hall–Kier alpha value is -1.97. The maximum atomic E-state index is 13.5. The van der Waals surface area contributed by atoms with E-state index in [1.165, 1.54) is 19.2 Å². The second-order valence-electron chi connectivity index (χ2n) is 3.48. The normalized spacial score (nSPS) is 10.4. The van der Waals surface area contributed by atoms with E-state index in [4.69, 9.17) is 4.74 Å². The quantitative estimate of drug-likeness (QED) is 0.773. The van der Waals surface area contributed by atoms with Crippen LogP contribution in [0, 0.1) is 17.5 Å². The molecule has 88 valence electrons. The molecule has 4 heteroatoms. The molecule has 2 rings (SSSR count). The summed E-state index contributed by atoms with van der Waals surface area (Å²) in [4.78, 5) is 0. The highest BCUT2D eigenvalue weighted by molar-refractivity contribution is 5.66. The van der Waals surface area contributed by atoms with Gasteiger partial charge in [-0.2, -0.15) is 0 Å². The van der Waals surface area contributed by atoms with Crippen molar-refractivity contribution in [2.24, 2.45) is 0 Å². The van der Waals surface area contributed by atoms with Gasteiger partial charge in [0, 0.05) is 12.1 Å². The van der Waals surface area contributed by atoms with Crippen molar-refractivity contribution in [1.82, 2.24) is 0 Å². The van der Waals surface area contributed by atoms with Gasteiger partial charge in [0.05, 0.1) is 12.7 Å². The van der Waals surface area contributed by atoms with Gasteiger partial charge in [-0.1, -0.05) is 12.1 Å². The molecule has 0 amide bonds. The van der Waals surface area contributed by atoms with Crippen LogP contribution in [0.5, 0.6) is 5.75 Å². The SMILES string of the molecule is COc1cccc(-c2c(F)cc(F)cc2F)c1. The lowest BCUT2D eigenvalue weighted by Crippen LogP contribution is -1.93. The van der Waals surface area contributed by atoms with Gasteiger partial charge in [0.1, 0.15) is 23.2 Å². The van der Waals surface area contributed by atoms with Crippen LogP contribution in [0.15, 0.2) is 36.4 Å². The monoisotopic (exact) mass is 238 g/mol. The topological polar surface area (TPSA) is 9.23 Å². The van der Waals surface area contributed by atoms with Gasteiger partial charge in [0.2, 0.25) is 0 Å². The van der Waals surface area contributed by atoms with Crippen LogP contribution in [-0.2, 0) is 0 Å². The second-order valence-corrected chi connectivity index (χ2v) is 3.48. The maximum Gasteiger partial charge on any atom is 0.136 e. The fourth-order valence-corrected chi connectivity index (χ4v) is 1.60. The summed E-state index contributed by atoms with van der Waals surface area (Å²) in [6.45, 7) is 0. The van der Waals surface area contributed by atoms with Crippen molar-refractivity contribution in [3.63, 3.8) is 0 Å². The Morgan fingerprint density at radius 3 is 2.18 bits per heavy atom. The molecule has 0 atom stereocenters. The number of benzene rings is 2. The van der Waals surface area contributed by atoms with Crippen LogP contribution in [-0.4, -0.2) is 7.11 Å². The van der Waals surface area contributed by atoms with Gasteiger partial charge in [-0.25, -0.2) is 13.2 Å². The zero-order valence-corrected chi connectivity index (χ0v) is 9.01. The van der Waals surface area contributed by atoms with Gasteiger partial charge in [0.15, 0.2) is 0 Å². The van der Waals surface area contributed by atoms with Gasteiger partial charge >= 0.3 is 0 Å². The summed E-state index contributed by atoms with van der Waals surface area (Å²) in [6, 6.07) is 7.58. The first-order valence-corrected chi connectivity index (χ1v) is 4.91. The molecule has 0 unspecified atom stereocenters. The molecular weight excluding hydrogens is 229 g/mol. The highest BCUT2D eigenvalue weighted by Crippen LogP contribution is 2.29. The predicted molar refractivity (Wildman–Crippen MR) is 58.3 cm³/mol. The van der Waals surface area contributed by atoms with E-state index in [1.807, 2.05) is 0 Å². The Morgan fingerprint density at radius 1 is 0.941 bits per heavy atom. The summed E-state index contributed by atoms with van der Waals surface area (Å²) in [5.74, 6) is -2.33. The van der Waals surface area contributed by atoms with Crippen molar-refractivity contribution in [3.05, 3.63) is 53.8 Å². The minimum absolute atomic E-state index is 0.259. The van der Waals surface area contributed by atoms with Crippen LogP contribution in [0.25, 0.3) is 11.1 Å². The minimum atomic E-state index is -0.938. The lowest BCUT2D eigenvalue weighted by atomic mass is 10.0. The van der Waals surface area contributed by atoms with Crippen LogP contribution in [0.2, 0.25) is 0 Å². The van der Waals surface area contributed by atoms with Crippen LogP contribution in [0.4, 0.5) is 13.2 Å². The smallest absolute Gasteiger partial charge is 0.136 e. The Bertz CT molecular complexity index is 529. The number of rotatable bonds is 2. The lowest BCUT2D eigenvalue weighted by Gasteiger charge is -2.07. The van der Waals surface area contributed by atoms with Crippen molar-refractivity contribution in [1.29, 1.82) is 0 Å². The van der Waals surface area contributed by atoms with Gasteiger partial charge in [-0.05, 0) is 17.7 Å². The highest BCUT2D eigenvalue weighted by atomic mass is 19.1. The van der Waals surface area contributed by atoms with Crippen LogP contribution in [0.3, 0.4) is 0 Å². The second kappa shape index (κ2) is 4.49. The molecule has 2 aromatic carbocycles. The third kappa shape index (κ3) is 2.25. The fourth-order valence-electron chi connectivity index (χ4n) is 1.60. The largest absolute Gasteiger partial charge is 0.497 e. The summed E-state index contributed by atoms with van der Waals surface area (Å²) in [5.41, 5.74) is 0.0460. The zero-order valence-electron chi connectivity index (χ0n) is 9.01. The molecule has 0 aliphatic carbocycles. The molecule has 0 fully saturated rings. The van der Waals surface area contributed by atoms with E-state index >= 15 is 0 Å². The van der Waals surface area contributed by atoms with Crippen LogP contribution < -0.4 is 4.74 Å². The van der Waals surface area contributed by atoms with E-state index in [0.717, 1.165) is 0 Å². The summed E-state index contributed by atoms with van der Waals surface area (Å²) in [6.07, 6.45) is 0. The average Bonchev–Trinajstić information content (AvgIpc) is 2.28. The molecule has 0 saturated heterocycles. The molecular formula is C13H9F3O. The zero-order chi connectivity index (χ0) is 12.4. The molecule has 0 bridgehead atoms. The fraction of sp³-hybridized carbons (Fsp3) is 0.0769. The maximum absolute atomic E-state index is 13.5. The molecule has 0 aliphatic rings. The van der Waals surface area contributed by atoms with Gasteiger partial charge in [0.25, 0.3) is 0 Å². The summed E-state index contributed by atoms with van der Waals surface area (Å²) < 4.78 is 44.7. The Balaban J connectivity index is 2.60. The molecule has 2 aromatic rings. The molecule has 0 N–H and O–H groups in total. The number of methoxy groups -OCH3 is 1. The molecule has 0 radical (unpaired) electrons. The van der Waals surface area contributed by atoms with Crippen LogP contribution >= 0.6 is 0 Å².